The number of hydrogen-bond donors (Lipinski definition) is 1. The first-order valence-electron chi connectivity index (χ1n) is 9.90. The molecule has 33 heavy (non-hydrogen) atoms. The van der Waals surface area contributed by atoms with E-state index >= 15 is 0 Å². The minimum Gasteiger partial charge on any atom is -0.483 e. The van der Waals surface area contributed by atoms with Gasteiger partial charge in [-0.25, -0.2) is 5.43 Å². The maximum atomic E-state index is 12.4. The van der Waals surface area contributed by atoms with Gasteiger partial charge in [0, 0.05) is 22.9 Å². The van der Waals surface area contributed by atoms with Crippen molar-refractivity contribution in [2.24, 2.45) is 5.10 Å². The Labute approximate surface area is 214 Å². The van der Waals surface area contributed by atoms with Crippen LogP contribution in [0.4, 0.5) is 0 Å². The molecule has 0 aliphatic carbocycles. The third kappa shape index (κ3) is 6.03. The van der Waals surface area contributed by atoms with Crippen LogP contribution >= 0.6 is 47.8 Å². The van der Waals surface area contributed by atoms with Gasteiger partial charge >= 0.3 is 5.91 Å². The lowest BCUT2D eigenvalue weighted by Gasteiger charge is -2.26. The summed E-state index contributed by atoms with van der Waals surface area (Å²) < 4.78 is 18.8. The Bertz CT molecular complexity index is 1220. The molecule has 0 unspecified atom stereocenters. The molecule has 1 aliphatic rings. The van der Waals surface area contributed by atoms with Gasteiger partial charge in [-0.1, -0.05) is 15.9 Å². The van der Waals surface area contributed by atoms with Gasteiger partial charge in [0.2, 0.25) is 0 Å². The van der Waals surface area contributed by atoms with Crippen molar-refractivity contribution < 1.29 is 23.5 Å². The standard InChI is InChI=1S/C22H18Br3N3O5/c23-15-8-14-9-19(33-21(14)17(25)10-15)22(30)27-26-11-13-1-2-18(16(24)7-13)32-12-20(29)28-3-5-31-6-4-28/h1-2,7-11H,3-6,12H2,(H,27,30)/b26-11-. The van der Waals surface area contributed by atoms with Crippen molar-refractivity contribution in [3.63, 3.8) is 0 Å². The van der Waals surface area contributed by atoms with Gasteiger partial charge in [0.05, 0.1) is 28.4 Å². The van der Waals surface area contributed by atoms with Gasteiger partial charge in [-0.05, 0) is 73.8 Å². The lowest BCUT2D eigenvalue weighted by atomic mass is 10.2. The second-order valence-corrected chi connectivity index (χ2v) is 9.71. The van der Waals surface area contributed by atoms with Gasteiger partial charge in [0.25, 0.3) is 5.91 Å². The molecule has 8 nitrogen and oxygen atoms in total. The van der Waals surface area contributed by atoms with Gasteiger partial charge in [-0.3, -0.25) is 9.59 Å². The fourth-order valence-electron chi connectivity index (χ4n) is 3.17. The number of ether oxygens (including phenoxy) is 2. The fraction of sp³-hybridized carbons (Fsp3) is 0.227. The van der Waals surface area contributed by atoms with Crippen molar-refractivity contribution in [2.45, 2.75) is 0 Å². The van der Waals surface area contributed by atoms with E-state index in [9.17, 15) is 9.59 Å². The summed E-state index contributed by atoms with van der Waals surface area (Å²) >= 11 is 10.3. The van der Waals surface area contributed by atoms with Crippen molar-refractivity contribution in [2.75, 3.05) is 32.9 Å². The topological polar surface area (TPSA) is 93.4 Å². The van der Waals surface area contributed by atoms with Crippen LogP contribution in [0.15, 0.2) is 59.3 Å². The van der Waals surface area contributed by atoms with Crippen molar-refractivity contribution in [1.82, 2.24) is 10.3 Å². The monoisotopic (exact) mass is 641 g/mol. The molecule has 4 rings (SSSR count). The molecule has 1 aromatic heterocycles. The quantitative estimate of drug-likeness (QED) is 0.310. The second-order valence-electron chi connectivity index (χ2n) is 7.09. The Morgan fingerprint density at radius 2 is 1.88 bits per heavy atom. The number of nitrogens with zero attached hydrogens (tertiary/aromatic N) is 2. The van der Waals surface area contributed by atoms with Crippen LogP contribution in [-0.4, -0.2) is 55.8 Å². The van der Waals surface area contributed by atoms with E-state index in [-0.39, 0.29) is 18.3 Å². The summed E-state index contributed by atoms with van der Waals surface area (Å²) in [6, 6.07) is 10.6. The average Bonchev–Trinajstić information content (AvgIpc) is 3.23. The van der Waals surface area contributed by atoms with E-state index in [0.717, 1.165) is 19.9 Å². The number of carbonyl (C=O) groups excluding carboxylic acids is 2. The van der Waals surface area contributed by atoms with Crippen LogP contribution in [0.2, 0.25) is 0 Å². The molecule has 0 spiro atoms. The zero-order chi connectivity index (χ0) is 23.4. The summed E-state index contributed by atoms with van der Waals surface area (Å²) in [5.74, 6) is 0.141. The molecule has 1 N–H and O–H groups in total. The molecule has 11 heteroatoms. The Balaban J connectivity index is 1.33. The van der Waals surface area contributed by atoms with Crippen LogP contribution in [0.3, 0.4) is 0 Å². The minimum atomic E-state index is -0.467. The normalized spacial score (nSPS) is 14.1. The van der Waals surface area contributed by atoms with Gasteiger partial charge < -0.3 is 18.8 Å². The number of benzene rings is 2. The van der Waals surface area contributed by atoms with Crippen LogP contribution in [0, 0.1) is 0 Å². The summed E-state index contributed by atoms with van der Waals surface area (Å²) in [7, 11) is 0. The van der Waals surface area contributed by atoms with Crippen LogP contribution in [0.1, 0.15) is 16.1 Å². The lowest BCUT2D eigenvalue weighted by molar-refractivity contribution is -0.137. The van der Waals surface area contributed by atoms with E-state index in [0.29, 0.717) is 42.1 Å². The van der Waals surface area contributed by atoms with Gasteiger partial charge in [0.15, 0.2) is 12.4 Å². The highest BCUT2D eigenvalue weighted by Crippen LogP contribution is 2.31. The Hall–Kier alpha value is -2.21. The molecule has 0 bridgehead atoms. The molecule has 172 valence electrons. The number of rotatable bonds is 6. The number of furan rings is 1. The predicted molar refractivity (Wildman–Crippen MR) is 134 cm³/mol. The Morgan fingerprint density at radius 3 is 2.64 bits per heavy atom. The van der Waals surface area contributed by atoms with Crippen molar-refractivity contribution in [3.05, 3.63) is 61.1 Å². The number of fused-ring (bicyclic) bond motifs is 1. The first-order valence-corrected chi connectivity index (χ1v) is 12.3. The number of amides is 2. The van der Waals surface area contributed by atoms with E-state index in [2.05, 4.69) is 58.3 Å². The number of hydrogen-bond acceptors (Lipinski definition) is 6. The minimum absolute atomic E-state index is 0.0493. The van der Waals surface area contributed by atoms with Crippen LogP contribution in [-0.2, 0) is 9.53 Å². The molecule has 2 heterocycles. The number of hydrazone groups is 1. The summed E-state index contributed by atoms with van der Waals surface area (Å²) in [6.07, 6.45) is 1.50. The van der Waals surface area contributed by atoms with Gasteiger partial charge in [-0.2, -0.15) is 5.10 Å². The summed E-state index contributed by atoms with van der Waals surface area (Å²) in [4.78, 5) is 26.3. The SMILES string of the molecule is O=C(N/N=C\c1ccc(OCC(=O)N2CCOCC2)c(Br)c1)c1cc2cc(Br)cc(Br)c2o1. The van der Waals surface area contributed by atoms with E-state index < -0.39 is 5.91 Å². The third-order valence-corrected chi connectivity index (χ3v) is 6.48. The van der Waals surface area contributed by atoms with E-state index in [1.807, 2.05) is 12.1 Å². The van der Waals surface area contributed by atoms with Crippen molar-refractivity contribution in [1.29, 1.82) is 0 Å². The Kier molecular flexibility index (Phi) is 7.84. The largest absolute Gasteiger partial charge is 0.483 e. The number of carbonyl (C=O) groups is 2. The molecule has 1 fully saturated rings. The zero-order valence-electron chi connectivity index (χ0n) is 17.1. The average molecular weight is 644 g/mol. The third-order valence-electron chi connectivity index (χ3n) is 4.81. The maximum absolute atomic E-state index is 12.4. The number of morpholine rings is 1. The fourth-order valence-corrected chi connectivity index (χ4v) is 5.02. The molecule has 1 aliphatic heterocycles. The summed E-state index contributed by atoms with van der Waals surface area (Å²) in [5, 5.41) is 4.78. The predicted octanol–water partition coefficient (Wildman–Crippen LogP) is 4.72. The van der Waals surface area contributed by atoms with Crippen LogP contribution in [0.25, 0.3) is 11.0 Å². The molecule has 0 radical (unpaired) electrons. The first-order chi connectivity index (χ1) is 15.9. The second kappa shape index (κ2) is 10.8. The van der Waals surface area contributed by atoms with Gasteiger partial charge in [-0.15, -0.1) is 0 Å². The summed E-state index contributed by atoms with van der Waals surface area (Å²) in [6.45, 7) is 2.20. The Morgan fingerprint density at radius 1 is 1.09 bits per heavy atom. The molecule has 0 saturated carbocycles. The van der Waals surface area contributed by atoms with Gasteiger partial charge in [0.1, 0.15) is 11.3 Å². The smallest absolute Gasteiger partial charge is 0.307 e. The lowest BCUT2D eigenvalue weighted by Crippen LogP contribution is -2.43. The van der Waals surface area contributed by atoms with Crippen LogP contribution < -0.4 is 10.2 Å². The number of halogens is 3. The zero-order valence-corrected chi connectivity index (χ0v) is 21.9. The molecule has 0 atom stereocenters. The van der Waals surface area contributed by atoms with E-state index in [1.54, 1.807) is 29.2 Å². The molecule has 2 aromatic carbocycles. The van der Waals surface area contributed by atoms with E-state index in [4.69, 9.17) is 13.9 Å². The van der Waals surface area contributed by atoms with Crippen molar-refractivity contribution in [3.8, 4) is 5.75 Å². The number of nitrogens with one attached hydrogen (secondary N) is 1. The molecule has 3 aromatic rings. The maximum Gasteiger partial charge on any atom is 0.307 e. The molecular weight excluding hydrogens is 626 g/mol. The first kappa shape index (κ1) is 23.9. The highest BCUT2D eigenvalue weighted by molar-refractivity contribution is 9.11. The van der Waals surface area contributed by atoms with Crippen LogP contribution in [0.5, 0.6) is 5.75 Å². The molecule has 1 saturated heterocycles. The van der Waals surface area contributed by atoms with E-state index in [1.165, 1.54) is 6.21 Å². The molecular formula is C22H18Br3N3O5. The highest BCUT2D eigenvalue weighted by Gasteiger charge is 2.18. The highest BCUT2D eigenvalue weighted by atomic mass is 79.9. The summed E-state index contributed by atoms with van der Waals surface area (Å²) in [5.41, 5.74) is 3.77. The molecule has 2 amide bonds. The van der Waals surface area contributed by atoms with Crippen molar-refractivity contribution >= 4 is 76.8 Å².